The zero-order chi connectivity index (χ0) is 10.7. The van der Waals surface area contributed by atoms with E-state index in [1.165, 1.54) is 0 Å². The fraction of sp³-hybridized carbons (Fsp3) is 0.167. The molecule has 0 aliphatic rings. The van der Waals surface area contributed by atoms with Gasteiger partial charge < -0.3 is 10.2 Å². The largest absolute Gasteiger partial charge is 0.472 e. The lowest BCUT2D eigenvalue weighted by Crippen LogP contribution is -2.12. The molecule has 1 unspecified atom stereocenters. The van der Waals surface area contributed by atoms with E-state index in [0.717, 1.165) is 22.0 Å². The van der Waals surface area contributed by atoms with Gasteiger partial charge in [0.2, 0.25) is 0 Å². The van der Waals surface area contributed by atoms with Gasteiger partial charge in [-0.3, -0.25) is 0 Å². The molecule has 1 aromatic heterocycles. The molecule has 0 radical (unpaired) electrons. The highest BCUT2D eigenvalue weighted by atomic mass is 79.9. The number of rotatable bonds is 3. The van der Waals surface area contributed by atoms with Crippen LogP contribution < -0.4 is 5.73 Å². The molecule has 0 spiro atoms. The number of hydrogen-bond acceptors (Lipinski definition) is 2. The zero-order valence-corrected chi connectivity index (χ0v) is 9.78. The Bertz CT molecular complexity index is 408. The summed E-state index contributed by atoms with van der Waals surface area (Å²) in [5.41, 5.74) is 8.35. The summed E-state index contributed by atoms with van der Waals surface area (Å²) in [5, 5.41) is 0. The first kappa shape index (κ1) is 10.5. The van der Waals surface area contributed by atoms with Gasteiger partial charge in [0.25, 0.3) is 0 Å². The summed E-state index contributed by atoms with van der Waals surface area (Å²) in [6, 6.07) is 10.0. The molecule has 2 N–H and O–H groups in total. The lowest BCUT2D eigenvalue weighted by Gasteiger charge is -2.10. The first-order valence-corrected chi connectivity index (χ1v) is 5.57. The quantitative estimate of drug-likeness (QED) is 0.925. The van der Waals surface area contributed by atoms with Crippen molar-refractivity contribution in [3.8, 4) is 0 Å². The Morgan fingerprint density at radius 1 is 1.20 bits per heavy atom. The lowest BCUT2D eigenvalue weighted by molar-refractivity contribution is 0.561. The van der Waals surface area contributed by atoms with Gasteiger partial charge in [-0.15, -0.1) is 0 Å². The van der Waals surface area contributed by atoms with Crippen LogP contribution in [-0.2, 0) is 6.42 Å². The van der Waals surface area contributed by atoms with Gasteiger partial charge in [0.15, 0.2) is 0 Å². The third-order valence-corrected chi connectivity index (χ3v) is 2.86. The Labute approximate surface area is 97.2 Å². The topological polar surface area (TPSA) is 39.2 Å². The van der Waals surface area contributed by atoms with E-state index in [-0.39, 0.29) is 6.04 Å². The molecule has 0 aliphatic carbocycles. The summed E-state index contributed by atoms with van der Waals surface area (Å²) in [6.45, 7) is 0. The second kappa shape index (κ2) is 4.64. The van der Waals surface area contributed by atoms with Crippen molar-refractivity contribution in [3.63, 3.8) is 0 Å². The Morgan fingerprint density at radius 2 is 1.93 bits per heavy atom. The maximum Gasteiger partial charge on any atom is 0.0935 e. The molecule has 2 nitrogen and oxygen atoms in total. The molecule has 0 aliphatic heterocycles. The van der Waals surface area contributed by atoms with Gasteiger partial charge in [0.05, 0.1) is 12.5 Å². The molecule has 78 valence electrons. The first-order valence-electron chi connectivity index (χ1n) is 4.78. The van der Waals surface area contributed by atoms with Crippen LogP contribution in [0.4, 0.5) is 0 Å². The van der Waals surface area contributed by atoms with Gasteiger partial charge in [-0.05, 0) is 35.7 Å². The Balaban J connectivity index is 2.08. The van der Waals surface area contributed by atoms with Crippen LogP contribution in [0.2, 0.25) is 0 Å². The van der Waals surface area contributed by atoms with Crippen molar-refractivity contribution >= 4 is 15.9 Å². The minimum absolute atomic E-state index is 0.0238. The van der Waals surface area contributed by atoms with Crippen molar-refractivity contribution in [2.45, 2.75) is 12.5 Å². The van der Waals surface area contributed by atoms with Crippen LogP contribution in [0.5, 0.6) is 0 Å². The molecule has 2 aromatic rings. The lowest BCUT2D eigenvalue weighted by atomic mass is 10.0. The van der Waals surface area contributed by atoms with Gasteiger partial charge in [-0.2, -0.15) is 0 Å². The fourth-order valence-electron chi connectivity index (χ4n) is 1.49. The number of benzene rings is 1. The van der Waals surface area contributed by atoms with Gasteiger partial charge in [0.1, 0.15) is 0 Å². The predicted molar refractivity (Wildman–Crippen MR) is 63.5 cm³/mol. The Kier molecular flexibility index (Phi) is 3.23. The Morgan fingerprint density at radius 3 is 2.53 bits per heavy atom. The summed E-state index contributed by atoms with van der Waals surface area (Å²) in [5.74, 6) is 0. The molecule has 0 saturated heterocycles. The van der Waals surface area contributed by atoms with Crippen LogP contribution in [0, 0.1) is 0 Å². The van der Waals surface area contributed by atoms with E-state index < -0.39 is 0 Å². The second-order valence-corrected chi connectivity index (χ2v) is 4.41. The van der Waals surface area contributed by atoms with Crippen LogP contribution in [-0.4, -0.2) is 0 Å². The van der Waals surface area contributed by atoms with Crippen LogP contribution in [0.1, 0.15) is 17.2 Å². The van der Waals surface area contributed by atoms with E-state index in [4.69, 9.17) is 10.2 Å². The fourth-order valence-corrected chi connectivity index (χ4v) is 1.75. The molecular weight excluding hydrogens is 254 g/mol. The summed E-state index contributed by atoms with van der Waals surface area (Å²) in [7, 11) is 0. The third-order valence-electron chi connectivity index (χ3n) is 2.33. The molecular formula is C12H12BrNO. The summed E-state index contributed by atoms with van der Waals surface area (Å²) < 4.78 is 6.08. The molecule has 0 saturated carbocycles. The molecule has 0 amide bonds. The van der Waals surface area contributed by atoms with Crippen molar-refractivity contribution in [3.05, 3.63) is 58.5 Å². The Hall–Kier alpha value is -1.06. The van der Waals surface area contributed by atoms with E-state index in [9.17, 15) is 0 Å². The monoisotopic (exact) mass is 265 g/mol. The normalized spacial score (nSPS) is 12.7. The third kappa shape index (κ3) is 2.70. The van der Waals surface area contributed by atoms with Gasteiger partial charge >= 0.3 is 0 Å². The van der Waals surface area contributed by atoms with Crippen molar-refractivity contribution < 1.29 is 4.42 Å². The molecule has 0 bridgehead atoms. The van der Waals surface area contributed by atoms with Gasteiger partial charge in [-0.25, -0.2) is 0 Å². The summed E-state index contributed by atoms with van der Waals surface area (Å²) >= 11 is 3.40. The van der Waals surface area contributed by atoms with Crippen molar-refractivity contribution in [2.24, 2.45) is 5.73 Å². The minimum Gasteiger partial charge on any atom is -0.472 e. The first-order chi connectivity index (χ1) is 7.25. The average Bonchev–Trinajstić information content (AvgIpc) is 2.71. The maximum absolute atomic E-state index is 6.08. The zero-order valence-electron chi connectivity index (χ0n) is 8.19. The van der Waals surface area contributed by atoms with E-state index in [1.807, 2.05) is 30.3 Å². The van der Waals surface area contributed by atoms with E-state index in [1.54, 1.807) is 12.5 Å². The molecule has 1 atom stereocenters. The SMILES string of the molecule is NC(Cc1ccoc1)c1ccc(Br)cc1. The molecule has 3 heteroatoms. The highest BCUT2D eigenvalue weighted by molar-refractivity contribution is 9.10. The van der Waals surface area contributed by atoms with Crippen LogP contribution in [0.25, 0.3) is 0 Å². The van der Waals surface area contributed by atoms with E-state index in [0.29, 0.717) is 0 Å². The van der Waals surface area contributed by atoms with Gasteiger partial charge in [0, 0.05) is 10.5 Å². The van der Waals surface area contributed by atoms with Crippen molar-refractivity contribution in [1.82, 2.24) is 0 Å². The smallest absolute Gasteiger partial charge is 0.0935 e. The highest BCUT2D eigenvalue weighted by Gasteiger charge is 2.07. The highest BCUT2D eigenvalue weighted by Crippen LogP contribution is 2.18. The summed E-state index contributed by atoms with van der Waals surface area (Å²) in [4.78, 5) is 0. The molecule has 1 aromatic carbocycles. The van der Waals surface area contributed by atoms with Crippen molar-refractivity contribution in [1.29, 1.82) is 0 Å². The maximum atomic E-state index is 6.08. The summed E-state index contributed by atoms with van der Waals surface area (Å²) in [6.07, 6.45) is 4.21. The van der Waals surface area contributed by atoms with Crippen molar-refractivity contribution in [2.75, 3.05) is 0 Å². The number of halogens is 1. The molecule has 2 rings (SSSR count). The van der Waals surface area contributed by atoms with E-state index >= 15 is 0 Å². The average molecular weight is 266 g/mol. The van der Waals surface area contributed by atoms with Crippen LogP contribution in [0.3, 0.4) is 0 Å². The minimum atomic E-state index is 0.0238. The standard InChI is InChI=1S/C12H12BrNO/c13-11-3-1-10(2-4-11)12(14)7-9-5-6-15-8-9/h1-6,8,12H,7,14H2. The second-order valence-electron chi connectivity index (χ2n) is 3.49. The molecule has 15 heavy (non-hydrogen) atoms. The predicted octanol–water partition coefficient (Wildman–Crippen LogP) is 3.28. The number of hydrogen-bond donors (Lipinski definition) is 1. The molecule has 0 fully saturated rings. The number of furan rings is 1. The van der Waals surface area contributed by atoms with Crippen LogP contribution >= 0.6 is 15.9 Å². The van der Waals surface area contributed by atoms with Gasteiger partial charge in [-0.1, -0.05) is 28.1 Å². The number of nitrogens with two attached hydrogens (primary N) is 1. The molecule has 1 heterocycles. The van der Waals surface area contributed by atoms with E-state index in [2.05, 4.69) is 15.9 Å². The van der Waals surface area contributed by atoms with Crippen LogP contribution in [0.15, 0.2) is 51.7 Å².